The maximum Gasteiger partial charge on any atom is 0.414 e. The molecule has 0 unspecified atom stereocenters. The topological polar surface area (TPSA) is 74.3 Å². The van der Waals surface area contributed by atoms with Gasteiger partial charge in [0.25, 0.3) is 0 Å². The predicted molar refractivity (Wildman–Crippen MR) is 183 cm³/mol. The van der Waals surface area contributed by atoms with Crippen molar-refractivity contribution in [1.29, 1.82) is 0 Å². The van der Waals surface area contributed by atoms with Crippen molar-refractivity contribution in [3.63, 3.8) is 0 Å². The van der Waals surface area contributed by atoms with Gasteiger partial charge in [0.05, 0.1) is 36.9 Å². The minimum Gasteiger partial charge on any atom is -0.497 e. The molecule has 1 saturated carbocycles. The predicted octanol–water partition coefficient (Wildman–Crippen LogP) is 8.24. The monoisotopic (exact) mass is 723 g/mol. The van der Waals surface area contributed by atoms with Crippen molar-refractivity contribution in [3.05, 3.63) is 99.3 Å². The van der Waals surface area contributed by atoms with E-state index in [4.69, 9.17) is 18.9 Å². The van der Waals surface area contributed by atoms with E-state index in [1.54, 1.807) is 32.4 Å². The number of benzene rings is 3. The smallest absolute Gasteiger partial charge is 0.414 e. The molecule has 45 heavy (non-hydrogen) atoms. The minimum absolute atomic E-state index is 0.0477. The summed E-state index contributed by atoms with van der Waals surface area (Å²) in [7, 11) is 4.81. The molecular weight excluding hydrogens is 681 g/mol. The van der Waals surface area contributed by atoms with Crippen LogP contribution < -0.4 is 14.2 Å². The molecule has 5 rings (SSSR count). The Hall–Kier alpha value is -3.53. The number of ether oxygens (including phenoxy) is 4. The summed E-state index contributed by atoms with van der Waals surface area (Å²) in [6.45, 7) is 4.50. The molecule has 1 fully saturated rings. The molecule has 1 aliphatic heterocycles. The number of allylic oxidation sites excluding steroid dienone is 1. The fourth-order valence-corrected chi connectivity index (χ4v) is 7.58. The number of halogens is 1. The van der Waals surface area contributed by atoms with Crippen molar-refractivity contribution >= 4 is 34.5 Å². The zero-order chi connectivity index (χ0) is 32.1. The van der Waals surface area contributed by atoms with Crippen LogP contribution in [0.15, 0.2) is 82.6 Å². The average Bonchev–Trinajstić information content (AvgIpc) is 3.06. The Balaban J connectivity index is 1.52. The molecule has 0 bridgehead atoms. The lowest BCUT2D eigenvalue weighted by Gasteiger charge is -2.44. The van der Waals surface area contributed by atoms with E-state index in [2.05, 4.69) is 38.1 Å². The Morgan fingerprint density at radius 2 is 1.53 bits per heavy atom. The highest BCUT2D eigenvalue weighted by Crippen LogP contribution is 2.43. The van der Waals surface area contributed by atoms with E-state index in [0.717, 1.165) is 36.8 Å². The van der Waals surface area contributed by atoms with Crippen LogP contribution in [0.4, 0.5) is 4.79 Å². The van der Waals surface area contributed by atoms with E-state index in [1.165, 1.54) is 5.56 Å². The van der Waals surface area contributed by atoms with Gasteiger partial charge in [0.2, 0.25) is 0 Å². The molecule has 1 aliphatic carbocycles. The van der Waals surface area contributed by atoms with Crippen LogP contribution >= 0.6 is 22.6 Å². The second-order valence-electron chi connectivity index (χ2n) is 12.4. The molecule has 3 aromatic rings. The van der Waals surface area contributed by atoms with Crippen molar-refractivity contribution in [2.45, 2.75) is 69.4 Å². The molecule has 0 saturated heterocycles. The minimum atomic E-state index is -0.635. The van der Waals surface area contributed by atoms with E-state index in [-0.39, 0.29) is 23.2 Å². The highest BCUT2D eigenvalue weighted by atomic mass is 127. The number of carbonyl (C=O) groups excluding carboxylic acids is 2. The van der Waals surface area contributed by atoms with Gasteiger partial charge in [-0.2, -0.15) is 0 Å². The number of hydrogen-bond donors (Lipinski definition) is 0. The Kier molecular flexibility index (Phi) is 10.4. The largest absolute Gasteiger partial charge is 0.497 e. The summed E-state index contributed by atoms with van der Waals surface area (Å²) in [6, 6.07) is 23.1. The van der Waals surface area contributed by atoms with E-state index >= 15 is 0 Å². The normalized spacial score (nSPS) is 22.0. The van der Waals surface area contributed by atoms with Crippen molar-refractivity contribution < 1.29 is 28.5 Å². The highest BCUT2D eigenvalue weighted by molar-refractivity contribution is 14.1. The van der Waals surface area contributed by atoms with Crippen molar-refractivity contribution in [1.82, 2.24) is 4.90 Å². The van der Waals surface area contributed by atoms with Gasteiger partial charge in [-0.15, -0.1) is 0 Å². The molecule has 0 radical (unpaired) electrons. The molecule has 1 amide bonds. The van der Waals surface area contributed by atoms with Gasteiger partial charge in [-0.3, -0.25) is 9.69 Å². The van der Waals surface area contributed by atoms with Gasteiger partial charge in [0, 0.05) is 18.2 Å². The molecule has 7 nitrogen and oxygen atoms in total. The molecule has 238 valence electrons. The number of ketones is 1. The molecule has 8 heteroatoms. The molecule has 0 spiro atoms. The maximum atomic E-state index is 14.3. The Morgan fingerprint density at radius 1 is 0.867 bits per heavy atom. The number of amides is 1. The third-order valence-electron chi connectivity index (χ3n) is 9.43. The first-order valence-corrected chi connectivity index (χ1v) is 16.6. The summed E-state index contributed by atoms with van der Waals surface area (Å²) in [6.07, 6.45) is 5.23. The van der Waals surface area contributed by atoms with Gasteiger partial charge in [-0.25, -0.2) is 4.79 Å². The number of rotatable bonds is 9. The number of carbonyl (C=O) groups is 2. The van der Waals surface area contributed by atoms with Crippen LogP contribution in [0, 0.1) is 5.92 Å². The molecule has 1 heterocycles. The fraction of sp³-hybridized carbons (Fsp3) is 0.405. The number of nitrogens with zero attached hydrogens (tertiary/aromatic N) is 1. The van der Waals surface area contributed by atoms with Gasteiger partial charge >= 0.3 is 6.09 Å². The fourth-order valence-electron chi connectivity index (χ4n) is 6.94. The molecule has 2 aliphatic rings. The lowest BCUT2D eigenvalue weighted by atomic mass is 9.66. The number of Topliss-reactive ketones (excluding diaryl/α,β-unsaturated/α-hetero) is 1. The average molecular weight is 724 g/mol. The Morgan fingerprint density at radius 3 is 2.20 bits per heavy atom. The van der Waals surface area contributed by atoms with Crippen LogP contribution in [0.2, 0.25) is 0 Å². The molecule has 0 aromatic heterocycles. The highest BCUT2D eigenvalue weighted by Gasteiger charge is 2.45. The number of hydrogen-bond acceptors (Lipinski definition) is 6. The summed E-state index contributed by atoms with van der Waals surface area (Å²) in [4.78, 5) is 29.9. The van der Waals surface area contributed by atoms with Crippen molar-refractivity contribution in [2.24, 2.45) is 5.92 Å². The quantitative estimate of drug-likeness (QED) is 0.207. The molecular formula is C37H42INO6. The lowest BCUT2D eigenvalue weighted by Crippen LogP contribution is -2.50. The van der Waals surface area contributed by atoms with Gasteiger partial charge in [-0.05, 0) is 94.6 Å². The van der Waals surface area contributed by atoms with Crippen LogP contribution in [-0.2, 0) is 21.4 Å². The lowest BCUT2D eigenvalue weighted by molar-refractivity contribution is -0.118. The summed E-state index contributed by atoms with van der Waals surface area (Å²) in [5.74, 6) is 1.39. The van der Waals surface area contributed by atoms with E-state index in [9.17, 15) is 9.59 Å². The second kappa shape index (κ2) is 14.3. The van der Waals surface area contributed by atoms with Gasteiger partial charge in [0.15, 0.2) is 5.78 Å². The first-order chi connectivity index (χ1) is 21.7. The Labute approximate surface area is 280 Å². The van der Waals surface area contributed by atoms with Crippen LogP contribution in [0.1, 0.15) is 62.1 Å². The third kappa shape index (κ3) is 7.16. The van der Waals surface area contributed by atoms with Gasteiger partial charge < -0.3 is 18.9 Å². The third-order valence-corrected chi connectivity index (χ3v) is 10.2. The summed E-state index contributed by atoms with van der Waals surface area (Å²) < 4.78 is 23.5. The van der Waals surface area contributed by atoms with Crippen LogP contribution in [0.5, 0.6) is 17.2 Å². The van der Waals surface area contributed by atoms with Crippen molar-refractivity contribution in [3.8, 4) is 17.2 Å². The van der Waals surface area contributed by atoms with Crippen LogP contribution in [0.3, 0.4) is 0 Å². The Bertz CT molecular complexity index is 1510. The second-order valence-corrected chi connectivity index (χ2v) is 13.6. The first kappa shape index (κ1) is 32.9. The first-order valence-electron chi connectivity index (χ1n) is 15.5. The standard InChI is InChI=1S/C37H42INO6/c1-37(2,26-13-7-6-8-14-26)30-16-9-10-17-33(30)45-36(41)39-23-31(38)35(40)34(25-12-11-15-27(21-25)42-3)32(39)20-24-18-28(43-4)22-29(19-24)44-5/h6-8,11-15,18-19,21-23,30,32-34H,9-10,16-17,20H2,1-5H3/t30-,32-,33-,34-/m0/s1. The van der Waals surface area contributed by atoms with E-state index < -0.39 is 18.1 Å². The van der Waals surface area contributed by atoms with Crippen molar-refractivity contribution in [2.75, 3.05) is 21.3 Å². The number of methoxy groups -OCH3 is 3. The zero-order valence-corrected chi connectivity index (χ0v) is 28.8. The van der Waals surface area contributed by atoms with Gasteiger partial charge in [-0.1, -0.05) is 62.7 Å². The SMILES string of the molecule is COc1cc(C[C@H]2[C@H](c3cccc(OC)c3)C(=O)C(I)=CN2C(=O)O[C@H]2CCCC[C@@H]2C(C)(C)c2ccccc2)cc(OC)c1. The maximum absolute atomic E-state index is 14.3. The molecule has 0 N–H and O–H groups in total. The summed E-state index contributed by atoms with van der Waals surface area (Å²) in [5.41, 5.74) is 2.70. The molecule has 3 aromatic carbocycles. The summed E-state index contributed by atoms with van der Waals surface area (Å²) >= 11 is 2.04. The molecule has 4 atom stereocenters. The van der Waals surface area contributed by atoms with Gasteiger partial charge in [0.1, 0.15) is 23.4 Å². The van der Waals surface area contributed by atoms with E-state index in [0.29, 0.717) is 27.2 Å². The zero-order valence-electron chi connectivity index (χ0n) is 26.6. The summed E-state index contributed by atoms with van der Waals surface area (Å²) in [5, 5.41) is 0. The van der Waals surface area contributed by atoms with Crippen LogP contribution in [-0.4, -0.2) is 50.3 Å². The van der Waals surface area contributed by atoms with E-state index in [1.807, 2.05) is 71.1 Å². The van der Waals surface area contributed by atoms with Crippen LogP contribution in [0.25, 0.3) is 0 Å².